The van der Waals surface area contributed by atoms with Crippen LogP contribution in [0.4, 0.5) is 4.39 Å². The number of nitrogens with two attached hydrogens (primary N) is 1. The molecule has 2 aromatic carbocycles. The molecule has 1 saturated heterocycles. The van der Waals surface area contributed by atoms with E-state index in [4.69, 9.17) is 10.2 Å². The summed E-state index contributed by atoms with van der Waals surface area (Å²) in [6.07, 6.45) is -1.58. The van der Waals surface area contributed by atoms with Crippen molar-refractivity contribution in [1.82, 2.24) is 20.4 Å². The summed E-state index contributed by atoms with van der Waals surface area (Å²) >= 11 is 0. The number of carbonyl (C=O) groups excluding carboxylic acids is 2. The summed E-state index contributed by atoms with van der Waals surface area (Å²) in [7, 11) is 0. The molecule has 1 aliphatic rings. The van der Waals surface area contributed by atoms with E-state index in [-0.39, 0.29) is 37.7 Å². The molecule has 4 rings (SSSR count). The van der Waals surface area contributed by atoms with E-state index in [1.54, 1.807) is 0 Å². The molecule has 3 N–H and O–H groups in total. The Morgan fingerprint density at radius 1 is 1.06 bits per heavy atom. The predicted octanol–water partition coefficient (Wildman–Crippen LogP) is 3.04. The first kappa shape index (κ1) is 24.5. The SMILES string of the molecule is CC(C)c1ccc([C@@H](NC(=O)[C@@H]2C[C@@H](F)CN2C(=O)Cc2nnc(CN)o2)c2ccccc2)cc1. The molecule has 1 aromatic heterocycles. The van der Waals surface area contributed by atoms with E-state index < -0.39 is 30.1 Å². The summed E-state index contributed by atoms with van der Waals surface area (Å²) in [4.78, 5) is 27.6. The molecule has 3 atom stereocenters. The van der Waals surface area contributed by atoms with Crippen molar-refractivity contribution in [1.29, 1.82) is 0 Å². The summed E-state index contributed by atoms with van der Waals surface area (Å²) in [6, 6.07) is 16.3. The number of carbonyl (C=O) groups is 2. The molecule has 2 amide bonds. The first-order valence-corrected chi connectivity index (χ1v) is 11.8. The van der Waals surface area contributed by atoms with Crippen molar-refractivity contribution in [2.75, 3.05) is 6.54 Å². The average Bonchev–Trinajstić information content (AvgIpc) is 3.49. The topological polar surface area (TPSA) is 114 Å². The van der Waals surface area contributed by atoms with Crippen LogP contribution in [0.3, 0.4) is 0 Å². The van der Waals surface area contributed by atoms with Gasteiger partial charge < -0.3 is 20.4 Å². The van der Waals surface area contributed by atoms with Gasteiger partial charge in [-0.15, -0.1) is 10.2 Å². The molecule has 8 nitrogen and oxygen atoms in total. The van der Waals surface area contributed by atoms with E-state index in [1.807, 2.05) is 54.6 Å². The summed E-state index contributed by atoms with van der Waals surface area (Å²) in [5, 5.41) is 10.6. The van der Waals surface area contributed by atoms with Crippen molar-refractivity contribution in [3.8, 4) is 0 Å². The van der Waals surface area contributed by atoms with Gasteiger partial charge in [0, 0.05) is 6.42 Å². The van der Waals surface area contributed by atoms with E-state index in [1.165, 1.54) is 10.5 Å². The smallest absolute Gasteiger partial charge is 0.243 e. The molecule has 0 unspecified atom stereocenters. The minimum Gasteiger partial charge on any atom is -0.423 e. The molecular formula is C26H30FN5O3. The Morgan fingerprint density at radius 2 is 1.69 bits per heavy atom. The van der Waals surface area contributed by atoms with Gasteiger partial charge >= 0.3 is 0 Å². The normalized spacial score (nSPS) is 18.6. The van der Waals surface area contributed by atoms with Crippen LogP contribution in [-0.2, 0) is 22.6 Å². The second-order valence-electron chi connectivity index (χ2n) is 9.04. The van der Waals surface area contributed by atoms with Gasteiger partial charge in [0.1, 0.15) is 18.6 Å². The number of alkyl halides is 1. The lowest BCUT2D eigenvalue weighted by Crippen LogP contribution is -2.47. The number of rotatable bonds is 8. The van der Waals surface area contributed by atoms with Gasteiger partial charge in [0.25, 0.3) is 0 Å². The number of benzene rings is 2. The quantitative estimate of drug-likeness (QED) is 0.513. The lowest BCUT2D eigenvalue weighted by molar-refractivity contribution is -0.138. The maximum absolute atomic E-state index is 14.4. The van der Waals surface area contributed by atoms with Crippen molar-refractivity contribution in [3.05, 3.63) is 83.1 Å². The third kappa shape index (κ3) is 5.74. The Kier molecular flexibility index (Phi) is 7.55. The number of hydrogen-bond acceptors (Lipinski definition) is 6. The Balaban J connectivity index is 1.54. The molecule has 0 spiro atoms. The van der Waals surface area contributed by atoms with Crippen molar-refractivity contribution in [2.24, 2.45) is 5.73 Å². The number of hydrogen-bond donors (Lipinski definition) is 2. The second-order valence-corrected chi connectivity index (χ2v) is 9.04. The summed E-state index contributed by atoms with van der Waals surface area (Å²) in [6.45, 7) is 4.14. The number of amides is 2. The van der Waals surface area contributed by atoms with E-state index in [9.17, 15) is 14.0 Å². The van der Waals surface area contributed by atoms with Gasteiger partial charge in [-0.3, -0.25) is 9.59 Å². The molecule has 9 heteroatoms. The molecule has 1 aliphatic heterocycles. The average molecular weight is 480 g/mol. The van der Waals surface area contributed by atoms with Crippen LogP contribution in [0.25, 0.3) is 0 Å². The van der Waals surface area contributed by atoms with E-state index >= 15 is 0 Å². The molecule has 0 bridgehead atoms. The summed E-state index contributed by atoms with van der Waals surface area (Å²) < 4.78 is 19.7. The molecular weight excluding hydrogens is 449 g/mol. The van der Waals surface area contributed by atoms with Gasteiger partial charge in [-0.2, -0.15) is 0 Å². The van der Waals surface area contributed by atoms with Crippen molar-refractivity contribution in [3.63, 3.8) is 0 Å². The van der Waals surface area contributed by atoms with Gasteiger partial charge in [-0.1, -0.05) is 68.4 Å². The maximum atomic E-state index is 14.4. The monoisotopic (exact) mass is 479 g/mol. The van der Waals surface area contributed by atoms with Crippen LogP contribution in [0.2, 0.25) is 0 Å². The highest BCUT2D eigenvalue weighted by molar-refractivity contribution is 5.89. The van der Waals surface area contributed by atoms with Crippen LogP contribution in [-0.4, -0.2) is 45.7 Å². The van der Waals surface area contributed by atoms with Crippen molar-refractivity contribution in [2.45, 2.75) is 57.4 Å². The number of aromatic nitrogens is 2. The van der Waals surface area contributed by atoms with Crippen LogP contribution in [0, 0.1) is 0 Å². The highest BCUT2D eigenvalue weighted by Crippen LogP contribution is 2.27. The van der Waals surface area contributed by atoms with Crippen LogP contribution in [0.1, 0.15) is 60.7 Å². The van der Waals surface area contributed by atoms with Crippen LogP contribution < -0.4 is 11.1 Å². The fourth-order valence-electron chi connectivity index (χ4n) is 4.30. The van der Waals surface area contributed by atoms with Crippen LogP contribution in [0.15, 0.2) is 59.0 Å². The molecule has 35 heavy (non-hydrogen) atoms. The predicted molar refractivity (Wildman–Crippen MR) is 128 cm³/mol. The van der Waals surface area contributed by atoms with Crippen molar-refractivity contribution >= 4 is 11.8 Å². The molecule has 0 saturated carbocycles. The molecule has 0 aliphatic carbocycles. The minimum atomic E-state index is -1.29. The van der Waals surface area contributed by atoms with E-state index in [2.05, 4.69) is 29.4 Å². The fraction of sp³-hybridized carbons (Fsp3) is 0.385. The highest BCUT2D eigenvalue weighted by atomic mass is 19.1. The second kappa shape index (κ2) is 10.8. The van der Waals surface area contributed by atoms with Crippen molar-refractivity contribution < 1.29 is 18.4 Å². The number of nitrogens with zero attached hydrogens (tertiary/aromatic N) is 3. The number of likely N-dealkylation sites (tertiary alicyclic amines) is 1. The Labute approximate surface area is 203 Å². The van der Waals surface area contributed by atoms with Gasteiger partial charge in [0.05, 0.1) is 19.1 Å². The van der Waals surface area contributed by atoms with Gasteiger partial charge in [0.15, 0.2) is 0 Å². The summed E-state index contributed by atoms with van der Waals surface area (Å²) in [5.41, 5.74) is 8.46. The zero-order chi connectivity index (χ0) is 24.9. The molecule has 2 heterocycles. The Morgan fingerprint density at radius 3 is 2.31 bits per heavy atom. The van der Waals surface area contributed by atoms with E-state index in [0.29, 0.717) is 5.92 Å². The first-order valence-electron chi connectivity index (χ1n) is 11.8. The molecule has 184 valence electrons. The Bertz CT molecular complexity index is 1150. The molecule has 3 aromatic rings. The van der Waals surface area contributed by atoms with Gasteiger partial charge in [-0.25, -0.2) is 4.39 Å². The first-order chi connectivity index (χ1) is 16.9. The highest BCUT2D eigenvalue weighted by Gasteiger charge is 2.40. The van der Waals surface area contributed by atoms with E-state index in [0.717, 1.165) is 11.1 Å². The largest absolute Gasteiger partial charge is 0.423 e. The number of halogens is 1. The zero-order valence-electron chi connectivity index (χ0n) is 19.9. The molecule has 1 fully saturated rings. The number of nitrogens with one attached hydrogen (secondary N) is 1. The summed E-state index contributed by atoms with van der Waals surface area (Å²) in [5.74, 6) is -0.179. The fourth-order valence-corrected chi connectivity index (χ4v) is 4.30. The van der Waals surface area contributed by atoms with Gasteiger partial charge in [0.2, 0.25) is 23.6 Å². The molecule has 0 radical (unpaired) electrons. The standard InChI is InChI=1S/C26H30FN5O3/c1-16(2)17-8-10-19(11-9-17)25(18-6-4-3-5-7-18)29-26(34)21-12-20(27)15-32(21)24(33)13-22-30-31-23(14-28)35-22/h3-11,16,20-21,25H,12-15,28H2,1-2H3,(H,29,34)/t20-,21+,25+/m1/s1. The lowest BCUT2D eigenvalue weighted by Gasteiger charge is -2.27. The lowest BCUT2D eigenvalue weighted by atomic mass is 9.95. The minimum absolute atomic E-state index is 0.0571. The third-order valence-electron chi connectivity index (χ3n) is 6.21. The Hall–Kier alpha value is -3.59. The van der Waals surface area contributed by atoms with Crippen LogP contribution in [0.5, 0.6) is 0 Å². The van der Waals surface area contributed by atoms with Gasteiger partial charge in [-0.05, 0) is 22.6 Å². The third-order valence-corrected chi connectivity index (χ3v) is 6.21. The van der Waals surface area contributed by atoms with Crippen LogP contribution >= 0.6 is 0 Å². The zero-order valence-corrected chi connectivity index (χ0v) is 19.9. The maximum Gasteiger partial charge on any atom is 0.243 e.